The van der Waals surface area contributed by atoms with Crippen LogP contribution < -0.4 is 5.32 Å². The maximum absolute atomic E-state index is 13.0. The third kappa shape index (κ3) is 2.74. The summed E-state index contributed by atoms with van der Waals surface area (Å²) < 4.78 is 16.6. The van der Waals surface area contributed by atoms with Gasteiger partial charge in [0, 0.05) is 0 Å². The van der Waals surface area contributed by atoms with E-state index in [0.717, 1.165) is 23.7 Å². The normalized spacial score (nSPS) is 10.2. The molecule has 8 heteroatoms. The van der Waals surface area contributed by atoms with Crippen LogP contribution in [0.2, 0.25) is 0 Å². The van der Waals surface area contributed by atoms with Crippen LogP contribution in [0.1, 0.15) is 25.7 Å². The maximum Gasteiger partial charge on any atom is 0.337 e. The highest BCUT2D eigenvalue weighted by Crippen LogP contribution is 2.19. The third-order valence-electron chi connectivity index (χ3n) is 2.32. The molecule has 1 heterocycles. The van der Waals surface area contributed by atoms with Gasteiger partial charge in [-0.05, 0) is 36.7 Å². The molecule has 19 heavy (non-hydrogen) atoms. The summed E-state index contributed by atoms with van der Waals surface area (Å²) in [4.78, 5) is 23.1. The average molecular weight is 281 g/mol. The van der Waals surface area contributed by atoms with Gasteiger partial charge in [0.2, 0.25) is 0 Å². The highest BCUT2D eigenvalue weighted by molar-refractivity contribution is 7.08. The molecule has 0 saturated heterocycles. The lowest BCUT2D eigenvalue weighted by atomic mass is 10.1. The van der Waals surface area contributed by atoms with Crippen molar-refractivity contribution in [1.82, 2.24) is 9.59 Å². The molecule has 0 aliphatic carbocycles. The lowest BCUT2D eigenvalue weighted by Crippen LogP contribution is -2.14. The Bertz CT molecular complexity index is 656. The highest BCUT2D eigenvalue weighted by atomic mass is 32.1. The van der Waals surface area contributed by atoms with Crippen molar-refractivity contribution in [3.63, 3.8) is 0 Å². The van der Waals surface area contributed by atoms with Gasteiger partial charge < -0.3 is 10.4 Å². The number of halogens is 1. The number of carbonyl (C=O) groups excluding carboxylic acids is 1. The van der Waals surface area contributed by atoms with Gasteiger partial charge in [0.15, 0.2) is 0 Å². The average Bonchev–Trinajstić information content (AvgIpc) is 2.77. The Morgan fingerprint density at radius 1 is 1.42 bits per heavy atom. The summed E-state index contributed by atoms with van der Waals surface area (Å²) in [5.41, 5.74) is 0.150. The zero-order valence-corrected chi connectivity index (χ0v) is 10.5. The number of aromatic nitrogens is 2. The van der Waals surface area contributed by atoms with Crippen LogP contribution in [0.3, 0.4) is 0 Å². The number of nitrogens with zero attached hydrogens (tertiary/aromatic N) is 2. The van der Waals surface area contributed by atoms with Gasteiger partial charge in [-0.2, -0.15) is 0 Å². The number of amides is 1. The number of aryl methyl sites for hydroxylation is 1. The molecule has 98 valence electrons. The first-order valence-electron chi connectivity index (χ1n) is 5.12. The standard InChI is InChI=1S/C11H8FN3O3S/c1-5-9(19-15-14-5)10(16)13-8-3-2-6(12)4-7(8)11(17)18/h2-4H,1H3,(H,13,16)(H,17,18). The van der Waals surface area contributed by atoms with Crippen molar-refractivity contribution in [2.75, 3.05) is 5.32 Å². The van der Waals surface area contributed by atoms with Gasteiger partial charge in [0.05, 0.1) is 16.9 Å². The molecule has 0 unspecified atom stereocenters. The number of carbonyl (C=O) groups is 2. The fraction of sp³-hybridized carbons (Fsp3) is 0.0909. The molecule has 0 radical (unpaired) electrons. The molecule has 0 saturated carbocycles. The molecular formula is C11H8FN3O3S. The van der Waals surface area contributed by atoms with E-state index in [4.69, 9.17) is 5.11 Å². The molecule has 0 aliphatic heterocycles. The Balaban J connectivity index is 2.32. The van der Waals surface area contributed by atoms with Crippen molar-refractivity contribution >= 4 is 29.1 Å². The van der Waals surface area contributed by atoms with E-state index < -0.39 is 17.7 Å². The second-order valence-electron chi connectivity index (χ2n) is 3.64. The minimum atomic E-state index is -1.33. The Morgan fingerprint density at radius 2 is 2.16 bits per heavy atom. The maximum atomic E-state index is 13.0. The summed E-state index contributed by atoms with van der Waals surface area (Å²) in [6.45, 7) is 1.61. The van der Waals surface area contributed by atoms with Gasteiger partial charge in [0.25, 0.3) is 5.91 Å². The van der Waals surface area contributed by atoms with Crippen molar-refractivity contribution in [3.05, 3.63) is 40.2 Å². The molecule has 6 nitrogen and oxygen atoms in total. The third-order valence-corrected chi connectivity index (χ3v) is 3.14. The number of hydrogen-bond acceptors (Lipinski definition) is 5. The van der Waals surface area contributed by atoms with Crippen molar-refractivity contribution in [2.45, 2.75) is 6.92 Å². The Morgan fingerprint density at radius 3 is 2.74 bits per heavy atom. The molecule has 1 amide bonds. The minimum absolute atomic E-state index is 0.0201. The second-order valence-corrected chi connectivity index (χ2v) is 4.39. The van der Waals surface area contributed by atoms with E-state index in [1.54, 1.807) is 6.92 Å². The van der Waals surface area contributed by atoms with Gasteiger partial charge in [0.1, 0.15) is 10.7 Å². The van der Waals surface area contributed by atoms with Crippen LogP contribution in [0.5, 0.6) is 0 Å². The van der Waals surface area contributed by atoms with Crippen molar-refractivity contribution in [3.8, 4) is 0 Å². The van der Waals surface area contributed by atoms with Crippen LogP contribution in [-0.2, 0) is 0 Å². The smallest absolute Gasteiger partial charge is 0.337 e. The Hall–Kier alpha value is -2.35. The van der Waals surface area contributed by atoms with E-state index in [1.165, 1.54) is 6.07 Å². The van der Waals surface area contributed by atoms with E-state index in [2.05, 4.69) is 14.9 Å². The summed E-state index contributed by atoms with van der Waals surface area (Å²) in [7, 11) is 0. The molecular weight excluding hydrogens is 273 g/mol. The first kappa shape index (κ1) is 13.1. The number of benzene rings is 1. The number of rotatable bonds is 3. The topological polar surface area (TPSA) is 92.2 Å². The minimum Gasteiger partial charge on any atom is -0.478 e. The van der Waals surface area contributed by atoms with Gasteiger partial charge in [-0.25, -0.2) is 9.18 Å². The summed E-state index contributed by atoms with van der Waals surface area (Å²) in [6.07, 6.45) is 0. The van der Waals surface area contributed by atoms with Crippen molar-refractivity contribution < 1.29 is 19.1 Å². The molecule has 0 spiro atoms. The highest BCUT2D eigenvalue weighted by Gasteiger charge is 2.17. The van der Waals surface area contributed by atoms with E-state index in [1.807, 2.05) is 0 Å². The van der Waals surface area contributed by atoms with E-state index in [0.29, 0.717) is 5.69 Å². The number of carboxylic acid groups (broad SMARTS) is 1. The Kier molecular flexibility index (Phi) is 3.52. The number of nitrogens with one attached hydrogen (secondary N) is 1. The summed E-state index contributed by atoms with van der Waals surface area (Å²) in [6, 6.07) is 3.11. The first-order valence-corrected chi connectivity index (χ1v) is 5.89. The SMILES string of the molecule is Cc1nnsc1C(=O)Nc1ccc(F)cc1C(=O)O. The van der Waals surface area contributed by atoms with Gasteiger partial charge in [-0.3, -0.25) is 4.79 Å². The van der Waals surface area contributed by atoms with Gasteiger partial charge in [-0.15, -0.1) is 5.10 Å². The van der Waals surface area contributed by atoms with E-state index in [-0.39, 0.29) is 16.1 Å². The molecule has 1 aromatic carbocycles. The van der Waals surface area contributed by atoms with E-state index >= 15 is 0 Å². The van der Waals surface area contributed by atoms with Gasteiger partial charge >= 0.3 is 5.97 Å². The molecule has 2 aromatic rings. The molecule has 2 rings (SSSR count). The molecule has 0 atom stereocenters. The molecule has 1 aromatic heterocycles. The quantitative estimate of drug-likeness (QED) is 0.896. The summed E-state index contributed by atoms with van der Waals surface area (Å²) in [5, 5.41) is 15.0. The van der Waals surface area contributed by atoms with Crippen LogP contribution in [-0.4, -0.2) is 26.6 Å². The molecule has 0 aliphatic rings. The van der Waals surface area contributed by atoms with Crippen LogP contribution in [0, 0.1) is 12.7 Å². The fourth-order valence-corrected chi connectivity index (χ4v) is 1.97. The molecule has 0 fully saturated rings. The Labute approximate surface area is 111 Å². The monoisotopic (exact) mass is 281 g/mol. The predicted molar refractivity (Wildman–Crippen MR) is 66.0 cm³/mol. The summed E-state index contributed by atoms with van der Waals surface area (Å²) >= 11 is 0.900. The number of aromatic carboxylic acids is 1. The second kappa shape index (κ2) is 5.11. The van der Waals surface area contributed by atoms with Crippen molar-refractivity contribution in [1.29, 1.82) is 0 Å². The van der Waals surface area contributed by atoms with Crippen LogP contribution >= 0.6 is 11.5 Å². The van der Waals surface area contributed by atoms with Crippen LogP contribution in [0.25, 0.3) is 0 Å². The van der Waals surface area contributed by atoms with Gasteiger partial charge in [-0.1, -0.05) is 4.49 Å². The number of hydrogen-bond donors (Lipinski definition) is 2. The molecule has 2 N–H and O–H groups in total. The predicted octanol–water partition coefficient (Wildman–Crippen LogP) is 1.94. The van der Waals surface area contributed by atoms with Crippen LogP contribution in [0.4, 0.5) is 10.1 Å². The first-order chi connectivity index (χ1) is 8.99. The fourth-order valence-electron chi connectivity index (χ4n) is 1.42. The molecule has 0 bridgehead atoms. The largest absolute Gasteiger partial charge is 0.478 e. The van der Waals surface area contributed by atoms with Crippen LogP contribution in [0.15, 0.2) is 18.2 Å². The number of carboxylic acids is 1. The number of anilines is 1. The lowest BCUT2D eigenvalue weighted by Gasteiger charge is -2.07. The summed E-state index contributed by atoms with van der Waals surface area (Å²) in [5.74, 6) is -2.54. The van der Waals surface area contributed by atoms with Crippen molar-refractivity contribution in [2.24, 2.45) is 0 Å². The zero-order chi connectivity index (χ0) is 14.0. The zero-order valence-electron chi connectivity index (χ0n) is 9.68. The van der Waals surface area contributed by atoms with E-state index in [9.17, 15) is 14.0 Å². The lowest BCUT2D eigenvalue weighted by molar-refractivity contribution is 0.0697.